The van der Waals surface area contributed by atoms with Gasteiger partial charge in [-0.05, 0) is 24.1 Å². The number of ether oxygens (including phenoxy) is 3. The second-order valence-corrected chi connectivity index (χ2v) is 8.86. The third kappa shape index (κ3) is 6.57. The monoisotopic (exact) mass is 418 g/mol. The van der Waals surface area contributed by atoms with Gasteiger partial charge in [0.1, 0.15) is 12.2 Å². The Kier molecular flexibility index (Phi) is 8.05. The summed E-state index contributed by atoms with van der Waals surface area (Å²) in [6.07, 6.45) is 0.212. The number of aliphatic hydroxyl groups is 2. The highest BCUT2D eigenvalue weighted by atomic mass is 32.2. The van der Waals surface area contributed by atoms with Crippen LogP contribution in [0.5, 0.6) is 11.5 Å². The van der Waals surface area contributed by atoms with Gasteiger partial charge >= 0.3 is 0 Å². The highest BCUT2D eigenvalue weighted by Crippen LogP contribution is 2.30. The fourth-order valence-corrected chi connectivity index (χ4v) is 3.57. The zero-order valence-corrected chi connectivity index (χ0v) is 17.4. The zero-order chi connectivity index (χ0) is 20.8. The van der Waals surface area contributed by atoms with Crippen molar-refractivity contribution in [2.24, 2.45) is 0 Å². The number of nitrogens with one attached hydrogen (secondary N) is 1. The van der Waals surface area contributed by atoms with Crippen LogP contribution in [0, 0.1) is 0 Å². The maximum atomic E-state index is 11.3. The number of likely N-dealkylation sites (tertiary alicyclic amines) is 1. The maximum Gasteiger partial charge on any atom is 0.208 e. The predicted molar refractivity (Wildman–Crippen MR) is 104 cm³/mol. The Labute approximate surface area is 166 Å². The minimum atomic E-state index is -3.44. The molecule has 0 radical (unpaired) electrons. The van der Waals surface area contributed by atoms with Gasteiger partial charge in [-0.15, -0.1) is 0 Å². The summed E-state index contributed by atoms with van der Waals surface area (Å²) in [5.41, 5.74) is -0.506. The van der Waals surface area contributed by atoms with Gasteiger partial charge in [0.2, 0.25) is 10.0 Å². The molecule has 1 fully saturated rings. The number of nitrogens with zero attached hydrogens (tertiary/aromatic N) is 1. The number of β-amino-alcohol motifs (C(OH)–C–C–N with tert-alkyl or cyclic N) is 1. The van der Waals surface area contributed by atoms with Crippen LogP contribution in [-0.4, -0.2) is 88.6 Å². The molecule has 3 N–H and O–H groups in total. The number of hydrogen-bond donors (Lipinski definition) is 3. The van der Waals surface area contributed by atoms with Crippen LogP contribution in [0.25, 0.3) is 0 Å². The predicted octanol–water partition coefficient (Wildman–Crippen LogP) is -0.433. The molecule has 2 atom stereocenters. The topological polar surface area (TPSA) is 118 Å². The first-order valence-electron chi connectivity index (χ1n) is 9.03. The Morgan fingerprint density at radius 1 is 1.29 bits per heavy atom. The van der Waals surface area contributed by atoms with Crippen LogP contribution < -0.4 is 14.2 Å². The lowest BCUT2D eigenvalue weighted by atomic mass is 9.88. The summed E-state index contributed by atoms with van der Waals surface area (Å²) in [4.78, 5) is 2.00. The van der Waals surface area contributed by atoms with Crippen molar-refractivity contribution in [1.29, 1.82) is 0 Å². The molecule has 0 spiro atoms. The summed E-state index contributed by atoms with van der Waals surface area (Å²) in [5.74, 6) is 1.24. The highest BCUT2D eigenvalue weighted by molar-refractivity contribution is 7.88. The van der Waals surface area contributed by atoms with Crippen molar-refractivity contribution in [1.82, 2.24) is 9.62 Å². The van der Waals surface area contributed by atoms with E-state index in [-0.39, 0.29) is 19.5 Å². The van der Waals surface area contributed by atoms with E-state index in [4.69, 9.17) is 14.2 Å². The molecule has 0 aliphatic carbocycles. The third-order valence-corrected chi connectivity index (χ3v) is 5.40. The van der Waals surface area contributed by atoms with E-state index in [0.29, 0.717) is 37.8 Å². The van der Waals surface area contributed by atoms with Gasteiger partial charge in [-0.3, -0.25) is 4.90 Å². The van der Waals surface area contributed by atoms with Crippen LogP contribution in [0.4, 0.5) is 0 Å². The number of hydrogen-bond acceptors (Lipinski definition) is 8. The molecule has 1 aliphatic rings. The first-order valence-corrected chi connectivity index (χ1v) is 10.9. The molecule has 0 bridgehead atoms. The Morgan fingerprint density at radius 2 is 2.04 bits per heavy atom. The standard InChI is InChI=1S/C18H30N2O7S/c1-25-8-9-27-16-10-14(4-5-15(16)26-2)11-20-7-6-18(22,17(21)12-20)13-19-28(3,23)24/h4-5,10,17,19,21-22H,6-9,11-13H2,1-3H3/t17-,18-/m1/s1. The van der Waals surface area contributed by atoms with E-state index < -0.39 is 21.7 Å². The van der Waals surface area contributed by atoms with Crippen molar-refractivity contribution in [3.05, 3.63) is 23.8 Å². The number of methoxy groups -OCH3 is 2. The third-order valence-electron chi connectivity index (χ3n) is 4.73. The summed E-state index contributed by atoms with van der Waals surface area (Å²) in [5, 5.41) is 20.9. The van der Waals surface area contributed by atoms with Gasteiger partial charge in [0.25, 0.3) is 0 Å². The molecule has 28 heavy (non-hydrogen) atoms. The number of aliphatic hydroxyl groups excluding tert-OH is 1. The van der Waals surface area contributed by atoms with Crippen LogP contribution in [0.2, 0.25) is 0 Å². The lowest BCUT2D eigenvalue weighted by molar-refractivity contribution is -0.115. The number of sulfonamides is 1. The van der Waals surface area contributed by atoms with Gasteiger partial charge in [-0.25, -0.2) is 13.1 Å². The first kappa shape index (κ1) is 22.9. The highest BCUT2D eigenvalue weighted by Gasteiger charge is 2.40. The molecule has 2 rings (SSSR count). The molecule has 1 saturated heterocycles. The molecular weight excluding hydrogens is 388 g/mol. The Hall–Kier alpha value is -1.43. The van der Waals surface area contributed by atoms with Gasteiger partial charge in [-0.2, -0.15) is 0 Å². The summed E-state index contributed by atoms with van der Waals surface area (Å²) in [6.45, 7) is 1.96. The van der Waals surface area contributed by atoms with Crippen LogP contribution in [0.1, 0.15) is 12.0 Å². The lowest BCUT2D eigenvalue weighted by Crippen LogP contribution is -2.59. The van der Waals surface area contributed by atoms with Crippen molar-refractivity contribution in [2.45, 2.75) is 24.7 Å². The Morgan fingerprint density at radius 3 is 2.64 bits per heavy atom. The van der Waals surface area contributed by atoms with Gasteiger partial charge in [0.15, 0.2) is 11.5 Å². The van der Waals surface area contributed by atoms with E-state index in [0.717, 1.165) is 11.8 Å². The van der Waals surface area contributed by atoms with E-state index in [2.05, 4.69) is 4.72 Å². The van der Waals surface area contributed by atoms with Crippen LogP contribution in [-0.2, 0) is 21.3 Å². The minimum Gasteiger partial charge on any atom is -0.493 e. The minimum absolute atomic E-state index is 0.207. The Bertz CT molecular complexity index is 743. The molecule has 1 heterocycles. The second-order valence-electron chi connectivity index (χ2n) is 7.02. The summed E-state index contributed by atoms with van der Waals surface area (Å²) in [6, 6.07) is 5.62. The molecule has 10 heteroatoms. The van der Waals surface area contributed by atoms with E-state index in [9.17, 15) is 18.6 Å². The summed E-state index contributed by atoms with van der Waals surface area (Å²) < 4.78 is 40.8. The molecule has 0 aromatic heterocycles. The van der Waals surface area contributed by atoms with E-state index >= 15 is 0 Å². The van der Waals surface area contributed by atoms with E-state index in [1.807, 2.05) is 23.1 Å². The molecule has 9 nitrogen and oxygen atoms in total. The average Bonchev–Trinajstić information content (AvgIpc) is 2.63. The smallest absolute Gasteiger partial charge is 0.208 e. The maximum absolute atomic E-state index is 11.3. The largest absolute Gasteiger partial charge is 0.493 e. The van der Waals surface area contributed by atoms with Crippen molar-refractivity contribution in [2.75, 3.05) is 53.3 Å². The molecule has 0 unspecified atom stereocenters. The quantitative estimate of drug-likeness (QED) is 0.438. The Balaban J connectivity index is 1.98. The SMILES string of the molecule is COCCOc1cc(CN2CC[C@@](O)(CNS(C)(=O)=O)[C@H](O)C2)ccc1OC. The fraction of sp³-hybridized carbons (Fsp3) is 0.667. The fourth-order valence-electron chi connectivity index (χ4n) is 3.06. The van der Waals surface area contributed by atoms with Crippen LogP contribution >= 0.6 is 0 Å². The van der Waals surface area contributed by atoms with Crippen LogP contribution in [0.15, 0.2) is 18.2 Å². The summed E-state index contributed by atoms with van der Waals surface area (Å²) >= 11 is 0. The number of piperidine rings is 1. The van der Waals surface area contributed by atoms with E-state index in [1.54, 1.807) is 14.2 Å². The van der Waals surface area contributed by atoms with Crippen molar-refractivity contribution in [3.63, 3.8) is 0 Å². The lowest BCUT2D eigenvalue weighted by Gasteiger charge is -2.42. The van der Waals surface area contributed by atoms with Gasteiger partial charge in [0, 0.05) is 33.3 Å². The number of rotatable bonds is 10. The van der Waals surface area contributed by atoms with Crippen LogP contribution in [0.3, 0.4) is 0 Å². The molecule has 0 amide bonds. The second kappa shape index (κ2) is 9.86. The summed E-state index contributed by atoms with van der Waals surface area (Å²) in [7, 11) is -0.261. The molecular formula is C18H30N2O7S. The van der Waals surface area contributed by atoms with Crippen molar-refractivity contribution < 1.29 is 32.8 Å². The van der Waals surface area contributed by atoms with Crippen molar-refractivity contribution >= 4 is 10.0 Å². The average molecular weight is 419 g/mol. The van der Waals surface area contributed by atoms with Crippen molar-refractivity contribution in [3.8, 4) is 11.5 Å². The van der Waals surface area contributed by atoms with Gasteiger partial charge < -0.3 is 24.4 Å². The molecule has 1 aliphatic heterocycles. The normalized spacial score (nSPS) is 23.5. The first-order chi connectivity index (χ1) is 13.2. The molecule has 160 valence electrons. The molecule has 0 saturated carbocycles. The van der Waals surface area contributed by atoms with E-state index in [1.165, 1.54) is 0 Å². The molecule has 1 aromatic rings. The van der Waals surface area contributed by atoms with Gasteiger partial charge in [-0.1, -0.05) is 6.07 Å². The van der Waals surface area contributed by atoms with Gasteiger partial charge in [0.05, 0.1) is 26.1 Å². The molecule has 1 aromatic carbocycles. The number of benzene rings is 1. The zero-order valence-electron chi connectivity index (χ0n) is 16.6.